The zero-order valence-corrected chi connectivity index (χ0v) is 38.9. The molecule has 4 heterocycles. The zero-order chi connectivity index (χ0) is 48.7. The minimum Gasteiger partial charge on any atom is -0.463 e. The highest BCUT2D eigenvalue weighted by atomic mass is 16.8. The summed E-state index contributed by atoms with van der Waals surface area (Å²) in [7, 11) is 0. The van der Waals surface area contributed by atoms with Crippen LogP contribution in [0.25, 0.3) is 0 Å². The van der Waals surface area contributed by atoms with E-state index in [1.165, 1.54) is 13.8 Å². The average Bonchev–Trinajstić information content (AvgIpc) is 3.72. The molecule has 0 radical (unpaired) electrons. The molecule has 0 unspecified atom stereocenters. The first-order valence-corrected chi connectivity index (χ1v) is 24.1. The van der Waals surface area contributed by atoms with Crippen LogP contribution in [0.1, 0.15) is 86.0 Å². The summed E-state index contributed by atoms with van der Waals surface area (Å²) >= 11 is 0. The molecule has 4 saturated heterocycles. The summed E-state index contributed by atoms with van der Waals surface area (Å²) < 4.78 is 47.9. The van der Waals surface area contributed by atoms with Crippen molar-refractivity contribution >= 4 is 5.97 Å². The van der Waals surface area contributed by atoms with Crippen LogP contribution in [0.15, 0.2) is 23.8 Å². The van der Waals surface area contributed by atoms with Gasteiger partial charge in [-0.15, -0.1) is 0 Å². The molecule has 0 amide bonds. The molecule has 20 nitrogen and oxygen atoms in total. The normalized spacial score (nSPS) is 52.9. The number of esters is 1. The van der Waals surface area contributed by atoms with Crippen molar-refractivity contribution in [3.63, 3.8) is 0 Å². The molecule has 4 aliphatic heterocycles. The van der Waals surface area contributed by atoms with Crippen molar-refractivity contribution in [2.45, 2.75) is 202 Å². The molecule has 26 atom stereocenters. The van der Waals surface area contributed by atoms with Crippen LogP contribution in [-0.2, 0) is 42.7 Å². The van der Waals surface area contributed by atoms with Gasteiger partial charge in [-0.1, -0.05) is 44.6 Å². The predicted octanol–water partition coefficient (Wildman–Crippen LogP) is -1.37. The Morgan fingerprint density at radius 3 is 2.19 bits per heavy atom. The van der Waals surface area contributed by atoms with E-state index >= 15 is 0 Å². The molecule has 0 spiro atoms. The lowest BCUT2D eigenvalue weighted by Crippen LogP contribution is -2.65. The molecule has 11 N–H and O–H groups in total. The molecule has 0 aromatic carbocycles. The van der Waals surface area contributed by atoms with Gasteiger partial charge in [0.2, 0.25) is 0 Å². The number of allylic oxidation sites excluding steroid dienone is 1. The Kier molecular flexibility index (Phi) is 15.2. The van der Waals surface area contributed by atoms with Crippen LogP contribution in [0.2, 0.25) is 0 Å². The summed E-state index contributed by atoms with van der Waals surface area (Å²) in [6, 6.07) is 0. The number of rotatable bonds is 13. The highest BCUT2D eigenvalue weighted by Gasteiger charge is 2.69. The van der Waals surface area contributed by atoms with Gasteiger partial charge in [-0.2, -0.15) is 0 Å². The van der Waals surface area contributed by atoms with Crippen LogP contribution >= 0.6 is 0 Å². The smallest absolute Gasteiger partial charge is 0.302 e. The van der Waals surface area contributed by atoms with Crippen molar-refractivity contribution in [3.05, 3.63) is 23.8 Å². The monoisotopic (exact) mass is 958 g/mol. The summed E-state index contributed by atoms with van der Waals surface area (Å²) in [5.41, 5.74) is 0.779. The number of carbonyl (C=O) groups excluding carboxylic acids is 1. The lowest BCUT2D eigenvalue weighted by Gasteiger charge is -2.60. The Bertz CT molecular complexity index is 1800. The maximum atomic E-state index is 12.1. The van der Waals surface area contributed by atoms with Crippen LogP contribution in [0.3, 0.4) is 0 Å². The Morgan fingerprint density at radius 2 is 1.49 bits per heavy atom. The Balaban J connectivity index is 0.967. The van der Waals surface area contributed by atoms with Gasteiger partial charge in [-0.3, -0.25) is 4.79 Å². The molecule has 4 aliphatic carbocycles. The summed E-state index contributed by atoms with van der Waals surface area (Å²) in [6.45, 7) is 12.2. The van der Waals surface area contributed by atoms with Crippen LogP contribution in [0.5, 0.6) is 0 Å². The first-order chi connectivity index (χ1) is 31.5. The van der Waals surface area contributed by atoms with Crippen molar-refractivity contribution in [1.82, 2.24) is 0 Å². The first kappa shape index (κ1) is 51.6. The van der Waals surface area contributed by atoms with E-state index in [0.29, 0.717) is 18.4 Å². The number of aliphatic hydroxyl groups excluding tert-OH is 10. The number of hydrogen-bond acceptors (Lipinski definition) is 20. The third-order valence-electron chi connectivity index (χ3n) is 17.5. The van der Waals surface area contributed by atoms with Crippen LogP contribution in [0, 0.1) is 40.4 Å². The minimum absolute atomic E-state index is 0.0378. The Morgan fingerprint density at radius 1 is 0.821 bits per heavy atom. The maximum Gasteiger partial charge on any atom is 0.302 e. The second-order valence-electron chi connectivity index (χ2n) is 21.3. The largest absolute Gasteiger partial charge is 0.463 e. The van der Waals surface area contributed by atoms with Gasteiger partial charge in [-0.25, -0.2) is 0 Å². The molecular weight excluding hydrogens is 884 g/mol. The second kappa shape index (κ2) is 19.7. The van der Waals surface area contributed by atoms with Crippen LogP contribution in [0.4, 0.5) is 0 Å². The van der Waals surface area contributed by atoms with E-state index in [0.717, 1.165) is 31.3 Å². The standard InChI is InChI=1S/C47H74O20/c1-19(17-61-42-39(57)37(55)34(52)29(16-48)63-42)9-12-47(59)20(2)32-28(67-47)15-27-25-8-7-23-13-24(50)14-31(46(23,6)26(25)10-11-45(27,32)5)65-44-41(38(56)35(53)30(64-44)18-60-22(4)49)66-43-40(58)36(54)33(51)21(3)62-43/h7,20-21,24-44,48,50-59H,1,8-18H2,2-6H3/t20-,21-,24+,25+,26-,27-,28-,29+,30+,31+,32-,33-,34+,35+,36+,37-,38-,39+,40+,41+,42+,43-,44-,45-,46-,47+/m0/s1. The third kappa shape index (κ3) is 9.22. The third-order valence-corrected chi connectivity index (χ3v) is 17.5. The van der Waals surface area contributed by atoms with Crippen molar-refractivity contribution in [2.24, 2.45) is 40.4 Å². The van der Waals surface area contributed by atoms with E-state index in [-0.39, 0.29) is 60.6 Å². The van der Waals surface area contributed by atoms with Crippen molar-refractivity contribution in [3.8, 4) is 0 Å². The first-order valence-electron chi connectivity index (χ1n) is 24.1. The van der Waals surface area contributed by atoms with Crippen molar-refractivity contribution < 1.29 is 98.9 Å². The lowest BCUT2D eigenvalue weighted by atomic mass is 9.46. The fourth-order valence-corrected chi connectivity index (χ4v) is 13.6. The van der Waals surface area contributed by atoms with Crippen LogP contribution < -0.4 is 0 Å². The van der Waals surface area contributed by atoms with Crippen LogP contribution in [-0.4, -0.2) is 198 Å². The molecule has 0 bridgehead atoms. The number of fused-ring (bicyclic) bond motifs is 7. The van der Waals surface area contributed by atoms with E-state index in [9.17, 15) is 61.0 Å². The lowest BCUT2D eigenvalue weighted by molar-refractivity contribution is -0.374. The molecule has 8 rings (SSSR count). The van der Waals surface area contributed by atoms with E-state index < -0.39 is 135 Å². The average molecular weight is 959 g/mol. The minimum atomic E-state index is -1.74. The molecule has 20 heteroatoms. The number of carbonyl (C=O) groups is 1. The fourth-order valence-electron chi connectivity index (χ4n) is 13.6. The Hall–Kier alpha value is -1.77. The number of aliphatic hydroxyl groups is 11. The molecule has 382 valence electrons. The van der Waals surface area contributed by atoms with E-state index in [1.807, 2.05) is 6.92 Å². The molecule has 0 aromatic heterocycles. The van der Waals surface area contributed by atoms with Gasteiger partial charge in [0, 0.05) is 31.1 Å². The number of hydrogen-bond donors (Lipinski definition) is 11. The number of ether oxygens (including phenoxy) is 8. The van der Waals surface area contributed by atoms with Gasteiger partial charge < -0.3 is 94.1 Å². The maximum absolute atomic E-state index is 12.1. The molecule has 7 fully saturated rings. The van der Waals surface area contributed by atoms with Gasteiger partial charge >= 0.3 is 5.97 Å². The van der Waals surface area contributed by atoms with Gasteiger partial charge in [0.15, 0.2) is 24.7 Å². The Labute approximate surface area is 390 Å². The highest BCUT2D eigenvalue weighted by Crippen LogP contribution is 2.70. The molecule has 3 saturated carbocycles. The summed E-state index contributed by atoms with van der Waals surface area (Å²) in [4.78, 5) is 11.8. The molecule has 0 aromatic rings. The predicted molar refractivity (Wildman–Crippen MR) is 228 cm³/mol. The van der Waals surface area contributed by atoms with E-state index in [2.05, 4.69) is 26.5 Å². The quantitative estimate of drug-likeness (QED) is 0.0750. The highest BCUT2D eigenvalue weighted by molar-refractivity contribution is 5.65. The van der Waals surface area contributed by atoms with Crippen molar-refractivity contribution in [1.29, 1.82) is 0 Å². The zero-order valence-electron chi connectivity index (χ0n) is 38.9. The summed E-state index contributed by atoms with van der Waals surface area (Å²) in [5, 5.41) is 118. The van der Waals surface area contributed by atoms with E-state index in [4.69, 9.17) is 37.9 Å². The van der Waals surface area contributed by atoms with E-state index in [1.54, 1.807) is 0 Å². The summed E-state index contributed by atoms with van der Waals surface area (Å²) in [5.74, 6) is -1.84. The second-order valence-corrected chi connectivity index (χ2v) is 21.3. The summed E-state index contributed by atoms with van der Waals surface area (Å²) in [6.07, 6.45) is -17.1. The van der Waals surface area contributed by atoms with Gasteiger partial charge in [-0.05, 0) is 74.5 Å². The van der Waals surface area contributed by atoms with Gasteiger partial charge in [0.1, 0.15) is 73.8 Å². The SMILES string of the molecule is C=C(CC[C@@]1(O)O[C@H]2C[C@H]3[C@@H]4CC=C5C[C@@H](O)C[C@@H](O[C@@H]6O[C@H](COC(C)=O)[C@@H](O)[C@H](O)[C@H]6O[C@@H]6O[C@@H](C)[C@H](O)[C@@H](O)[C@H]6O)[C@]5(C)[C@H]4CC[C@]3(C)[C@H]2[C@@H]1C)CO[C@@H]1O[C@H](CO)[C@@H](O)[C@H](O)[C@H]1O. The van der Waals surface area contributed by atoms with Crippen molar-refractivity contribution in [2.75, 3.05) is 19.8 Å². The molecule has 67 heavy (non-hydrogen) atoms. The topological polar surface area (TPSA) is 313 Å². The molecule has 8 aliphatic rings. The molecular formula is C47H74O20. The van der Waals surface area contributed by atoms with Gasteiger partial charge in [0.05, 0.1) is 37.6 Å². The fraction of sp³-hybridized carbons (Fsp3) is 0.894. The van der Waals surface area contributed by atoms with Gasteiger partial charge in [0.25, 0.3) is 0 Å².